The van der Waals surface area contributed by atoms with Gasteiger partial charge in [0, 0.05) is 31.5 Å². The summed E-state index contributed by atoms with van der Waals surface area (Å²) in [5, 5.41) is 0. The van der Waals surface area contributed by atoms with Crippen molar-refractivity contribution in [1.29, 1.82) is 0 Å². The second kappa shape index (κ2) is 4.02. The molecule has 0 saturated carbocycles. The number of nitrogens with zero attached hydrogens (tertiary/aromatic N) is 2. The summed E-state index contributed by atoms with van der Waals surface area (Å²) in [6.07, 6.45) is 4.19. The summed E-state index contributed by atoms with van der Waals surface area (Å²) < 4.78 is 0. The number of rotatable bonds is 2. The Kier molecular flexibility index (Phi) is 2.73. The van der Waals surface area contributed by atoms with Gasteiger partial charge >= 0.3 is 0 Å². The quantitative estimate of drug-likeness (QED) is 0.714. The third kappa shape index (κ3) is 2.02. The van der Waals surface area contributed by atoms with Crippen LogP contribution in [-0.4, -0.2) is 29.1 Å². The molecule has 3 N–H and O–H groups in total. The minimum absolute atomic E-state index is 0.122. The van der Waals surface area contributed by atoms with Crippen molar-refractivity contribution in [2.45, 2.75) is 19.4 Å². The smallest absolute Gasteiger partial charge is 0.290 e. The van der Waals surface area contributed by atoms with Crippen LogP contribution in [0.1, 0.15) is 13.3 Å². The van der Waals surface area contributed by atoms with Gasteiger partial charge in [-0.3, -0.25) is 4.79 Å². The first-order valence-corrected chi connectivity index (χ1v) is 5.22. The molecular formula is C10H16N4O. The first-order chi connectivity index (χ1) is 7.18. The van der Waals surface area contributed by atoms with Crippen molar-refractivity contribution in [1.82, 2.24) is 9.97 Å². The molecule has 0 aromatic carbocycles. The molecule has 1 aromatic rings. The van der Waals surface area contributed by atoms with Gasteiger partial charge in [-0.15, -0.1) is 0 Å². The van der Waals surface area contributed by atoms with Crippen molar-refractivity contribution in [3.8, 4) is 0 Å². The molecule has 1 aromatic heterocycles. The molecule has 0 bridgehead atoms. The highest BCUT2D eigenvalue weighted by Gasteiger charge is 2.27. The lowest BCUT2D eigenvalue weighted by molar-refractivity contribution is 0.488. The molecule has 5 heteroatoms. The number of hydrogen-bond donors (Lipinski definition) is 2. The minimum atomic E-state index is -0.122. The Balaban J connectivity index is 2.15. The topological polar surface area (TPSA) is 75.0 Å². The molecule has 2 rings (SSSR count). The third-order valence-electron chi connectivity index (χ3n) is 2.96. The van der Waals surface area contributed by atoms with Crippen LogP contribution >= 0.6 is 0 Å². The molecule has 2 atom stereocenters. The summed E-state index contributed by atoms with van der Waals surface area (Å²) in [6, 6.07) is 0.179. The Hall–Kier alpha value is -1.36. The highest BCUT2D eigenvalue weighted by atomic mass is 16.1. The van der Waals surface area contributed by atoms with Gasteiger partial charge in [0.1, 0.15) is 0 Å². The first kappa shape index (κ1) is 10.2. The molecule has 0 aliphatic carbocycles. The first-order valence-electron chi connectivity index (χ1n) is 5.22. The van der Waals surface area contributed by atoms with Gasteiger partial charge < -0.3 is 15.6 Å². The number of anilines is 1. The van der Waals surface area contributed by atoms with E-state index in [1.54, 1.807) is 12.4 Å². The number of aromatic amines is 1. The zero-order valence-corrected chi connectivity index (χ0v) is 8.81. The second-order valence-electron chi connectivity index (χ2n) is 4.10. The summed E-state index contributed by atoms with van der Waals surface area (Å²) in [4.78, 5) is 20.2. The number of H-pyrrole nitrogens is 1. The van der Waals surface area contributed by atoms with Gasteiger partial charge in [-0.1, -0.05) is 0 Å². The van der Waals surface area contributed by atoms with Crippen molar-refractivity contribution in [3.05, 3.63) is 22.7 Å². The fraction of sp³-hybridized carbons (Fsp3) is 0.600. The standard InChI is InChI=1S/C10H16N4O/c1-7(11)8-2-5-14(6-8)9-10(15)13-4-3-12-9/h3-4,7-8H,2,5-6,11H2,1H3,(H,13,15). The van der Waals surface area contributed by atoms with Crippen LogP contribution in [0.4, 0.5) is 5.82 Å². The molecule has 1 aliphatic rings. The van der Waals surface area contributed by atoms with E-state index in [1.807, 2.05) is 11.8 Å². The van der Waals surface area contributed by atoms with E-state index in [0.29, 0.717) is 11.7 Å². The molecule has 2 heterocycles. The second-order valence-corrected chi connectivity index (χ2v) is 4.10. The van der Waals surface area contributed by atoms with Crippen LogP contribution in [0.2, 0.25) is 0 Å². The lowest BCUT2D eigenvalue weighted by Gasteiger charge is -2.17. The highest BCUT2D eigenvalue weighted by Crippen LogP contribution is 2.20. The van der Waals surface area contributed by atoms with Gasteiger partial charge in [-0.05, 0) is 19.3 Å². The van der Waals surface area contributed by atoms with Gasteiger partial charge in [0.15, 0.2) is 5.82 Å². The van der Waals surface area contributed by atoms with E-state index in [2.05, 4.69) is 9.97 Å². The minimum Gasteiger partial charge on any atom is -0.352 e. The molecule has 2 unspecified atom stereocenters. The zero-order chi connectivity index (χ0) is 10.8. The highest BCUT2D eigenvalue weighted by molar-refractivity contribution is 5.36. The summed E-state index contributed by atoms with van der Waals surface area (Å²) in [5.41, 5.74) is 5.72. The maximum atomic E-state index is 11.5. The van der Waals surface area contributed by atoms with Crippen molar-refractivity contribution < 1.29 is 0 Å². The van der Waals surface area contributed by atoms with Crippen molar-refractivity contribution in [2.75, 3.05) is 18.0 Å². The molecule has 0 amide bonds. The number of hydrogen-bond acceptors (Lipinski definition) is 4. The average molecular weight is 208 g/mol. The number of nitrogens with two attached hydrogens (primary N) is 1. The van der Waals surface area contributed by atoms with Gasteiger partial charge in [-0.25, -0.2) is 4.98 Å². The van der Waals surface area contributed by atoms with E-state index in [9.17, 15) is 4.79 Å². The van der Waals surface area contributed by atoms with Crippen LogP contribution in [-0.2, 0) is 0 Å². The predicted octanol–water partition coefficient (Wildman–Crippen LogP) is -0.0566. The van der Waals surface area contributed by atoms with Gasteiger partial charge in [0.2, 0.25) is 0 Å². The molecule has 1 saturated heterocycles. The van der Waals surface area contributed by atoms with Gasteiger partial charge in [0.25, 0.3) is 5.56 Å². The Morgan fingerprint density at radius 2 is 2.53 bits per heavy atom. The molecular weight excluding hydrogens is 192 g/mol. The van der Waals surface area contributed by atoms with E-state index in [4.69, 9.17) is 5.73 Å². The maximum absolute atomic E-state index is 11.5. The fourth-order valence-electron chi connectivity index (χ4n) is 1.98. The molecule has 1 fully saturated rings. The van der Waals surface area contributed by atoms with Crippen molar-refractivity contribution in [3.63, 3.8) is 0 Å². The Morgan fingerprint density at radius 3 is 3.13 bits per heavy atom. The van der Waals surface area contributed by atoms with Crippen LogP contribution in [0.25, 0.3) is 0 Å². The van der Waals surface area contributed by atoms with E-state index in [0.717, 1.165) is 19.5 Å². The van der Waals surface area contributed by atoms with Crippen LogP contribution in [0.15, 0.2) is 17.2 Å². The van der Waals surface area contributed by atoms with Gasteiger partial charge in [-0.2, -0.15) is 0 Å². The summed E-state index contributed by atoms with van der Waals surface area (Å²) in [5.74, 6) is 0.979. The summed E-state index contributed by atoms with van der Waals surface area (Å²) in [7, 11) is 0. The van der Waals surface area contributed by atoms with Gasteiger partial charge in [0.05, 0.1) is 0 Å². The molecule has 0 spiro atoms. The van der Waals surface area contributed by atoms with E-state index in [1.165, 1.54) is 0 Å². The largest absolute Gasteiger partial charge is 0.352 e. The molecule has 1 aliphatic heterocycles. The van der Waals surface area contributed by atoms with E-state index >= 15 is 0 Å². The summed E-state index contributed by atoms with van der Waals surface area (Å²) >= 11 is 0. The number of nitrogens with one attached hydrogen (secondary N) is 1. The maximum Gasteiger partial charge on any atom is 0.290 e. The molecule has 82 valence electrons. The summed E-state index contributed by atoms with van der Waals surface area (Å²) in [6.45, 7) is 3.71. The fourth-order valence-corrected chi connectivity index (χ4v) is 1.98. The van der Waals surface area contributed by atoms with Crippen LogP contribution in [0.3, 0.4) is 0 Å². The normalized spacial score (nSPS) is 23.1. The Morgan fingerprint density at radius 1 is 1.73 bits per heavy atom. The lowest BCUT2D eigenvalue weighted by atomic mass is 10.0. The van der Waals surface area contributed by atoms with E-state index < -0.39 is 0 Å². The molecule has 5 nitrogen and oxygen atoms in total. The SMILES string of the molecule is CC(N)C1CCN(c2ncc[nH]c2=O)C1. The lowest BCUT2D eigenvalue weighted by Crippen LogP contribution is -2.32. The van der Waals surface area contributed by atoms with E-state index in [-0.39, 0.29) is 11.6 Å². The van der Waals surface area contributed by atoms with Crippen molar-refractivity contribution >= 4 is 5.82 Å². The monoisotopic (exact) mass is 208 g/mol. The van der Waals surface area contributed by atoms with Crippen LogP contribution < -0.4 is 16.2 Å². The third-order valence-corrected chi connectivity index (χ3v) is 2.96. The Labute approximate surface area is 88.3 Å². The molecule has 0 radical (unpaired) electrons. The van der Waals surface area contributed by atoms with Crippen molar-refractivity contribution in [2.24, 2.45) is 11.7 Å². The predicted molar refractivity (Wildman–Crippen MR) is 58.8 cm³/mol. The van der Waals surface area contributed by atoms with Crippen LogP contribution in [0.5, 0.6) is 0 Å². The average Bonchev–Trinajstić information content (AvgIpc) is 2.67. The number of aromatic nitrogens is 2. The molecule has 15 heavy (non-hydrogen) atoms. The zero-order valence-electron chi connectivity index (χ0n) is 8.81. The Bertz CT molecular complexity index is 387. The van der Waals surface area contributed by atoms with Crippen LogP contribution in [0, 0.1) is 5.92 Å².